The van der Waals surface area contributed by atoms with E-state index >= 15 is 0 Å². The first-order valence-corrected chi connectivity index (χ1v) is 9.88. The summed E-state index contributed by atoms with van der Waals surface area (Å²) in [6.45, 7) is 11.7. The summed E-state index contributed by atoms with van der Waals surface area (Å²) < 4.78 is 13.3. The van der Waals surface area contributed by atoms with Crippen LogP contribution >= 0.6 is 0 Å². The summed E-state index contributed by atoms with van der Waals surface area (Å²) in [5, 5.41) is 2.94. The largest absolute Gasteiger partial charge is 0.350 e. The first-order valence-electron chi connectivity index (χ1n) is 9.88. The van der Waals surface area contributed by atoms with Crippen molar-refractivity contribution in [2.24, 2.45) is 0 Å². The summed E-state index contributed by atoms with van der Waals surface area (Å²) in [4.78, 5) is 27.5. The highest BCUT2D eigenvalue weighted by molar-refractivity contribution is 5.88. The minimum Gasteiger partial charge on any atom is -0.350 e. The van der Waals surface area contributed by atoms with E-state index < -0.39 is 11.6 Å². The molecule has 0 radical (unpaired) electrons. The van der Waals surface area contributed by atoms with Gasteiger partial charge in [0.25, 0.3) is 0 Å². The number of amides is 2. The Hall–Kier alpha value is -2.69. The Morgan fingerprint density at radius 1 is 1.00 bits per heavy atom. The quantitative estimate of drug-likeness (QED) is 0.788. The fraction of sp³-hybridized carbons (Fsp3) is 0.417. The number of hydrogen-bond acceptors (Lipinski definition) is 2. The number of rotatable bonds is 6. The van der Waals surface area contributed by atoms with E-state index in [0.717, 1.165) is 22.3 Å². The molecule has 2 aromatic rings. The topological polar surface area (TPSA) is 49.4 Å². The fourth-order valence-electron chi connectivity index (χ4n) is 3.29. The normalized spacial score (nSPS) is 12.4. The minimum atomic E-state index is -0.655. The van der Waals surface area contributed by atoms with Crippen LogP contribution in [0.15, 0.2) is 42.5 Å². The monoisotopic (exact) mass is 398 g/mol. The third kappa shape index (κ3) is 7.00. The molecular weight excluding hydrogens is 367 g/mol. The van der Waals surface area contributed by atoms with Crippen LogP contribution in [0.2, 0.25) is 0 Å². The highest BCUT2D eigenvalue weighted by Crippen LogP contribution is 2.16. The molecule has 2 aromatic carbocycles. The van der Waals surface area contributed by atoms with Gasteiger partial charge in [-0.25, -0.2) is 4.39 Å². The van der Waals surface area contributed by atoms with Gasteiger partial charge in [0.1, 0.15) is 11.9 Å². The molecule has 1 atom stereocenters. The molecule has 0 unspecified atom stereocenters. The van der Waals surface area contributed by atoms with Gasteiger partial charge in [-0.15, -0.1) is 0 Å². The number of halogens is 1. The van der Waals surface area contributed by atoms with Crippen LogP contribution in [-0.4, -0.2) is 28.3 Å². The molecule has 0 saturated heterocycles. The summed E-state index contributed by atoms with van der Waals surface area (Å²) in [5.41, 5.74) is 3.48. The standard InChI is InChI=1S/C24H31FN2O2/c1-16-11-17(2)13-20(12-16)14-22(28)27(15-19-7-9-21(25)10-8-19)18(3)23(29)26-24(4,5)6/h7-13,18H,14-15H2,1-6H3,(H,26,29)/t18-/m0/s1. The van der Waals surface area contributed by atoms with Gasteiger partial charge in [-0.2, -0.15) is 0 Å². The van der Waals surface area contributed by atoms with Crippen molar-refractivity contribution in [2.75, 3.05) is 0 Å². The van der Waals surface area contributed by atoms with Crippen molar-refractivity contribution in [3.63, 3.8) is 0 Å². The molecule has 0 aliphatic carbocycles. The molecule has 1 N–H and O–H groups in total. The van der Waals surface area contributed by atoms with Crippen LogP contribution in [0.1, 0.15) is 49.9 Å². The van der Waals surface area contributed by atoms with Crippen molar-refractivity contribution in [2.45, 2.75) is 66.1 Å². The van der Waals surface area contributed by atoms with E-state index in [9.17, 15) is 14.0 Å². The van der Waals surface area contributed by atoms with Crippen molar-refractivity contribution in [1.82, 2.24) is 10.2 Å². The lowest BCUT2D eigenvalue weighted by Gasteiger charge is -2.31. The summed E-state index contributed by atoms with van der Waals surface area (Å²) in [6.07, 6.45) is 0.205. The smallest absolute Gasteiger partial charge is 0.242 e. The second-order valence-corrected chi connectivity index (χ2v) is 8.74. The zero-order chi connectivity index (χ0) is 21.8. The van der Waals surface area contributed by atoms with E-state index in [2.05, 4.69) is 11.4 Å². The van der Waals surface area contributed by atoms with Crippen molar-refractivity contribution in [1.29, 1.82) is 0 Å². The van der Waals surface area contributed by atoms with Gasteiger partial charge in [-0.05, 0) is 64.8 Å². The number of aryl methyl sites for hydroxylation is 2. The second-order valence-electron chi connectivity index (χ2n) is 8.74. The summed E-state index contributed by atoms with van der Waals surface area (Å²) >= 11 is 0. The third-order valence-electron chi connectivity index (χ3n) is 4.57. The Kier molecular flexibility index (Phi) is 7.17. The van der Waals surface area contributed by atoms with Gasteiger partial charge in [0.15, 0.2) is 0 Å². The number of benzene rings is 2. The van der Waals surface area contributed by atoms with Crippen LogP contribution in [0.5, 0.6) is 0 Å². The maximum absolute atomic E-state index is 13.3. The average Bonchev–Trinajstić information content (AvgIpc) is 2.58. The maximum atomic E-state index is 13.3. The first kappa shape index (κ1) is 22.6. The molecule has 4 nitrogen and oxygen atoms in total. The zero-order valence-corrected chi connectivity index (χ0v) is 18.2. The summed E-state index contributed by atoms with van der Waals surface area (Å²) in [6, 6.07) is 11.4. The lowest BCUT2D eigenvalue weighted by Crippen LogP contribution is -2.52. The van der Waals surface area contributed by atoms with Crippen molar-refractivity contribution < 1.29 is 14.0 Å². The molecule has 0 fully saturated rings. The van der Waals surface area contributed by atoms with E-state index in [-0.39, 0.29) is 30.6 Å². The Labute approximate surface area is 173 Å². The van der Waals surface area contributed by atoms with Gasteiger partial charge in [-0.3, -0.25) is 9.59 Å². The predicted octanol–water partition coefficient (Wildman–Crippen LogP) is 4.32. The molecule has 0 spiro atoms. The van der Waals surface area contributed by atoms with Gasteiger partial charge >= 0.3 is 0 Å². The first-order chi connectivity index (χ1) is 13.4. The van der Waals surface area contributed by atoms with Gasteiger partial charge in [-0.1, -0.05) is 41.5 Å². The minimum absolute atomic E-state index is 0.143. The number of nitrogens with one attached hydrogen (secondary N) is 1. The molecule has 2 rings (SSSR count). The molecule has 2 amide bonds. The van der Waals surface area contributed by atoms with E-state index in [1.54, 1.807) is 24.0 Å². The predicted molar refractivity (Wildman–Crippen MR) is 114 cm³/mol. The molecule has 0 aromatic heterocycles. The molecule has 156 valence electrons. The Morgan fingerprint density at radius 3 is 2.07 bits per heavy atom. The van der Waals surface area contributed by atoms with Crippen LogP contribution in [0.3, 0.4) is 0 Å². The number of nitrogens with zero attached hydrogens (tertiary/aromatic N) is 1. The fourth-order valence-corrected chi connectivity index (χ4v) is 3.29. The van der Waals surface area contributed by atoms with Crippen LogP contribution < -0.4 is 5.32 Å². The van der Waals surface area contributed by atoms with Gasteiger partial charge in [0, 0.05) is 12.1 Å². The zero-order valence-electron chi connectivity index (χ0n) is 18.2. The number of carbonyl (C=O) groups excluding carboxylic acids is 2. The molecule has 0 aliphatic rings. The summed E-state index contributed by atoms with van der Waals surface area (Å²) in [7, 11) is 0. The van der Waals surface area contributed by atoms with Crippen LogP contribution in [0, 0.1) is 19.7 Å². The average molecular weight is 399 g/mol. The van der Waals surface area contributed by atoms with Crippen LogP contribution in [0.4, 0.5) is 4.39 Å². The van der Waals surface area contributed by atoms with Gasteiger partial charge in [0.05, 0.1) is 6.42 Å². The van der Waals surface area contributed by atoms with Crippen molar-refractivity contribution >= 4 is 11.8 Å². The molecule has 0 saturated carbocycles. The highest BCUT2D eigenvalue weighted by Gasteiger charge is 2.28. The van der Waals surface area contributed by atoms with E-state index in [0.29, 0.717) is 0 Å². The Bertz CT molecular complexity index is 849. The molecule has 0 heterocycles. The van der Waals surface area contributed by atoms with E-state index in [4.69, 9.17) is 0 Å². The summed E-state index contributed by atoms with van der Waals surface area (Å²) in [5.74, 6) is -0.690. The molecule has 29 heavy (non-hydrogen) atoms. The lowest BCUT2D eigenvalue weighted by molar-refractivity contribution is -0.140. The van der Waals surface area contributed by atoms with E-state index in [1.807, 2.05) is 46.8 Å². The number of carbonyl (C=O) groups is 2. The van der Waals surface area contributed by atoms with Crippen LogP contribution in [-0.2, 0) is 22.6 Å². The molecule has 0 bridgehead atoms. The second kappa shape index (κ2) is 9.21. The van der Waals surface area contributed by atoms with Gasteiger partial charge in [0.2, 0.25) is 11.8 Å². The van der Waals surface area contributed by atoms with Crippen molar-refractivity contribution in [3.8, 4) is 0 Å². The van der Waals surface area contributed by atoms with E-state index in [1.165, 1.54) is 12.1 Å². The van der Waals surface area contributed by atoms with Crippen LogP contribution in [0.25, 0.3) is 0 Å². The lowest BCUT2D eigenvalue weighted by atomic mass is 10.0. The molecule has 0 aliphatic heterocycles. The Balaban J connectivity index is 2.27. The molecular formula is C24H31FN2O2. The molecule has 5 heteroatoms. The number of hydrogen-bond donors (Lipinski definition) is 1. The Morgan fingerprint density at radius 2 is 1.55 bits per heavy atom. The SMILES string of the molecule is Cc1cc(C)cc(CC(=O)N(Cc2ccc(F)cc2)[C@@H](C)C(=O)NC(C)(C)C)c1. The highest BCUT2D eigenvalue weighted by atomic mass is 19.1. The maximum Gasteiger partial charge on any atom is 0.242 e. The van der Waals surface area contributed by atoms with Crippen molar-refractivity contribution in [3.05, 3.63) is 70.5 Å². The third-order valence-corrected chi connectivity index (χ3v) is 4.57. The van der Waals surface area contributed by atoms with Gasteiger partial charge < -0.3 is 10.2 Å².